The number of hydrogen-bond donors (Lipinski definition) is 3. The predicted octanol–water partition coefficient (Wildman–Crippen LogP) is 1.38. The first-order chi connectivity index (χ1) is 10.4. The summed E-state index contributed by atoms with van der Waals surface area (Å²) < 4.78 is 5.35. The summed E-state index contributed by atoms with van der Waals surface area (Å²) in [4.78, 5) is 34.6. The number of carbonyl (C=O) groups excluding carboxylic acids is 3. The van der Waals surface area contributed by atoms with Crippen molar-refractivity contribution in [2.24, 2.45) is 11.7 Å². The molecule has 0 unspecified atom stereocenters. The maximum Gasteiger partial charge on any atom is 0.318 e. The molecule has 120 valence electrons. The van der Waals surface area contributed by atoms with Gasteiger partial charge >= 0.3 is 6.03 Å². The maximum absolute atomic E-state index is 12.2. The van der Waals surface area contributed by atoms with Crippen molar-refractivity contribution in [1.29, 1.82) is 0 Å². The Labute approximate surface area is 128 Å². The van der Waals surface area contributed by atoms with Crippen molar-refractivity contribution in [3.8, 4) is 0 Å². The SMILES string of the molecule is Cc1cc(C(=O)NC2CCC(C(=O)NC(N)=O)CC2)c(C)o1. The van der Waals surface area contributed by atoms with E-state index in [2.05, 4.69) is 10.6 Å². The van der Waals surface area contributed by atoms with Gasteiger partial charge in [-0.3, -0.25) is 14.9 Å². The van der Waals surface area contributed by atoms with Crippen molar-refractivity contribution in [1.82, 2.24) is 10.6 Å². The molecular weight excluding hydrogens is 286 g/mol. The second-order valence-corrected chi connectivity index (χ2v) is 5.70. The zero-order valence-corrected chi connectivity index (χ0v) is 12.8. The number of nitrogens with two attached hydrogens (primary N) is 1. The topological polar surface area (TPSA) is 114 Å². The third kappa shape index (κ3) is 3.87. The standard InChI is InChI=1S/C15H21N3O4/c1-8-7-12(9(2)22-8)14(20)17-11-5-3-10(4-6-11)13(19)18-15(16)21/h7,10-11H,3-6H2,1-2H3,(H,17,20)(H3,16,18,19,21). The Morgan fingerprint density at radius 2 is 1.82 bits per heavy atom. The highest BCUT2D eigenvalue weighted by molar-refractivity contribution is 5.96. The minimum absolute atomic E-state index is 0.0275. The fraction of sp³-hybridized carbons (Fsp3) is 0.533. The van der Waals surface area contributed by atoms with Crippen LogP contribution in [0.4, 0.5) is 4.79 Å². The number of carbonyl (C=O) groups is 3. The molecule has 0 atom stereocenters. The highest BCUT2D eigenvalue weighted by atomic mass is 16.3. The smallest absolute Gasteiger partial charge is 0.318 e. The van der Waals surface area contributed by atoms with Crippen LogP contribution in [0.15, 0.2) is 10.5 Å². The van der Waals surface area contributed by atoms with E-state index in [1.165, 1.54) is 0 Å². The lowest BCUT2D eigenvalue weighted by Gasteiger charge is -2.28. The first-order valence-corrected chi connectivity index (χ1v) is 7.35. The van der Waals surface area contributed by atoms with Crippen molar-refractivity contribution < 1.29 is 18.8 Å². The molecule has 7 nitrogen and oxygen atoms in total. The van der Waals surface area contributed by atoms with E-state index in [0.717, 1.165) is 0 Å². The van der Waals surface area contributed by atoms with Crippen molar-refractivity contribution in [3.05, 3.63) is 23.2 Å². The van der Waals surface area contributed by atoms with E-state index in [1.807, 2.05) is 0 Å². The van der Waals surface area contributed by atoms with Crippen LogP contribution in [-0.2, 0) is 4.79 Å². The summed E-state index contributed by atoms with van der Waals surface area (Å²) in [6.07, 6.45) is 2.62. The highest BCUT2D eigenvalue weighted by Crippen LogP contribution is 2.25. The number of rotatable bonds is 3. The van der Waals surface area contributed by atoms with Crippen molar-refractivity contribution in [2.75, 3.05) is 0 Å². The number of hydrogen-bond acceptors (Lipinski definition) is 4. The molecule has 1 aromatic heterocycles. The molecule has 0 spiro atoms. The van der Waals surface area contributed by atoms with Gasteiger partial charge in [-0.15, -0.1) is 0 Å². The van der Waals surface area contributed by atoms with Gasteiger partial charge in [-0.05, 0) is 45.6 Å². The van der Waals surface area contributed by atoms with Crippen LogP contribution in [0.1, 0.15) is 47.6 Å². The molecule has 0 aromatic carbocycles. The number of nitrogens with one attached hydrogen (secondary N) is 2. The zero-order chi connectivity index (χ0) is 16.3. The number of amides is 4. The van der Waals surface area contributed by atoms with E-state index in [4.69, 9.17) is 10.2 Å². The van der Waals surface area contributed by atoms with E-state index in [0.29, 0.717) is 42.8 Å². The molecule has 22 heavy (non-hydrogen) atoms. The van der Waals surface area contributed by atoms with Crippen LogP contribution in [-0.4, -0.2) is 23.9 Å². The minimum Gasteiger partial charge on any atom is -0.466 e. The van der Waals surface area contributed by atoms with E-state index < -0.39 is 6.03 Å². The van der Waals surface area contributed by atoms with Gasteiger partial charge in [-0.25, -0.2) is 4.79 Å². The van der Waals surface area contributed by atoms with Crippen LogP contribution in [0.3, 0.4) is 0 Å². The third-order valence-electron chi connectivity index (χ3n) is 3.97. The number of imide groups is 1. The first-order valence-electron chi connectivity index (χ1n) is 7.35. The molecule has 1 aromatic rings. The number of primary amides is 1. The number of furan rings is 1. The molecule has 1 saturated carbocycles. The first kappa shape index (κ1) is 16.1. The monoisotopic (exact) mass is 307 g/mol. The van der Waals surface area contributed by atoms with Crippen LogP contribution in [0.2, 0.25) is 0 Å². The Balaban J connectivity index is 1.85. The Kier molecular flexibility index (Phi) is 4.85. The van der Waals surface area contributed by atoms with Gasteiger partial charge in [-0.2, -0.15) is 0 Å². The number of aryl methyl sites for hydroxylation is 2. The molecule has 4 N–H and O–H groups in total. The van der Waals surface area contributed by atoms with Crippen LogP contribution < -0.4 is 16.4 Å². The summed E-state index contributed by atoms with van der Waals surface area (Å²) in [5.41, 5.74) is 5.48. The van der Waals surface area contributed by atoms with E-state index in [1.54, 1.807) is 19.9 Å². The van der Waals surface area contributed by atoms with Gasteiger partial charge in [0.15, 0.2) is 0 Å². The second kappa shape index (κ2) is 6.64. The predicted molar refractivity (Wildman–Crippen MR) is 79.1 cm³/mol. The zero-order valence-electron chi connectivity index (χ0n) is 12.8. The van der Waals surface area contributed by atoms with Gasteiger partial charge in [0.1, 0.15) is 11.5 Å². The Morgan fingerprint density at radius 3 is 2.32 bits per heavy atom. The molecule has 0 aliphatic heterocycles. The van der Waals surface area contributed by atoms with Crippen LogP contribution in [0.25, 0.3) is 0 Å². The van der Waals surface area contributed by atoms with Gasteiger partial charge in [-0.1, -0.05) is 0 Å². The van der Waals surface area contributed by atoms with Gasteiger partial charge in [0.2, 0.25) is 5.91 Å². The van der Waals surface area contributed by atoms with Crippen molar-refractivity contribution in [3.63, 3.8) is 0 Å². The number of urea groups is 1. The average molecular weight is 307 g/mol. The van der Waals surface area contributed by atoms with Crippen molar-refractivity contribution in [2.45, 2.75) is 45.6 Å². The maximum atomic E-state index is 12.2. The van der Waals surface area contributed by atoms with E-state index in [9.17, 15) is 14.4 Å². The molecule has 1 heterocycles. The minimum atomic E-state index is -0.828. The fourth-order valence-corrected chi connectivity index (χ4v) is 2.84. The molecule has 1 fully saturated rings. The summed E-state index contributed by atoms with van der Waals surface area (Å²) in [7, 11) is 0. The quantitative estimate of drug-likeness (QED) is 0.782. The van der Waals surface area contributed by atoms with E-state index in [-0.39, 0.29) is 23.8 Å². The summed E-state index contributed by atoms with van der Waals surface area (Å²) in [5, 5.41) is 5.07. The van der Waals surface area contributed by atoms with Crippen LogP contribution in [0.5, 0.6) is 0 Å². The Hall–Kier alpha value is -2.31. The van der Waals surface area contributed by atoms with Gasteiger partial charge in [0.25, 0.3) is 5.91 Å². The van der Waals surface area contributed by atoms with Gasteiger partial charge in [0.05, 0.1) is 5.56 Å². The molecule has 0 saturated heterocycles. The summed E-state index contributed by atoms with van der Waals surface area (Å²) in [5.74, 6) is 0.593. The molecule has 2 rings (SSSR count). The summed E-state index contributed by atoms with van der Waals surface area (Å²) in [6.45, 7) is 3.55. The highest BCUT2D eigenvalue weighted by Gasteiger charge is 2.28. The van der Waals surface area contributed by atoms with Gasteiger partial charge < -0.3 is 15.5 Å². The fourth-order valence-electron chi connectivity index (χ4n) is 2.84. The van der Waals surface area contributed by atoms with Crippen LogP contribution >= 0.6 is 0 Å². The van der Waals surface area contributed by atoms with E-state index >= 15 is 0 Å². The van der Waals surface area contributed by atoms with Crippen molar-refractivity contribution >= 4 is 17.8 Å². The molecule has 0 radical (unpaired) electrons. The molecular formula is C15H21N3O4. The summed E-state index contributed by atoms with van der Waals surface area (Å²) >= 11 is 0. The Bertz CT molecular complexity index is 586. The van der Waals surface area contributed by atoms with Crippen LogP contribution in [0, 0.1) is 19.8 Å². The molecule has 0 bridgehead atoms. The summed E-state index contributed by atoms with van der Waals surface area (Å²) in [6, 6.07) is 0.919. The molecule has 1 aliphatic carbocycles. The average Bonchev–Trinajstić information content (AvgIpc) is 2.78. The molecule has 1 aliphatic rings. The Morgan fingerprint density at radius 1 is 1.18 bits per heavy atom. The lowest BCUT2D eigenvalue weighted by molar-refractivity contribution is -0.124. The second-order valence-electron chi connectivity index (χ2n) is 5.70. The lowest BCUT2D eigenvalue weighted by atomic mass is 9.85. The normalized spacial score (nSPS) is 21.2. The molecule has 7 heteroatoms. The van der Waals surface area contributed by atoms with Gasteiger partial charge in [0, 0.05) is 12.0 Å². The molecule has 4 amide bonds. The third-order valence-corrected chi connectivity index (χ3v) is 3.97. The largest absolute Gasteiger partial charge is 0.466 e. The lowest BCUT2D eigenvalue weighted by Crippen LogP contribution is -2.43.